The third-order valence-corrected chi connectivity index (χ3v) is 4.74. The number of hydrogen-bond donors (Lipinski definition) is 0. The van der Waals surface area contributed by atoms with E-state index in [4.69, 9.17) is 4.74 Å². The SMILES string of the molecule is O=C(CN1CCCC1)N1CCCC(COc2ccccc2F)C1. The van der Waals surface area contributed by atoms with Gasteiger partial charge < -0.3 is 9.64 Å². The minimum Gasteiger partial charge on any atom is -0.490 e. The van der Waals surface area contributed by atoms with Crippen LogP contribution >= 0.6 is 0 Å². The van der Waals surface area contributed by atoms with Crippen LogP contribution in [0.4, 0.5) is 4.39 Å². The summed E-state index contributed by atoms with van der Waals surface area (Å²) >= 11 is 0. The van der Waals surface area contributed by atoms with E-state index in [1.807, 2.05) is 4.90 Å². The van der Waals surface area contributed by atoms with E-state index in [0.717, 1.165) is 39.0 Å². The maximum absolute atomic E-state index is 13.6. The number of nitrogens with zero attached hydrogens (tertiary/aromatic N) is 2. The molecule has 0 aromatic heterocycles. The standard InChI is InChI=1S/C18H25FN2O2/c19-16-7-1-2-8-17(16)23-14-15-6-5-11-21(12-15)18(22)13-20-9-3-4-10-20/h1-2,7-8,15H,3-6,9-14H2. The topological polar surface area (TPSA) is 32.8 Å². The summed E-state index contributed by atoms with van der Waals surface area (Å²) in [6.45, 7) is 4.65. The van der Waals surface area contributed by atoms with Crippen LogP contribution in [0.3, 0.4) is 0 Å². The molecule has 1 unspecified atom stereocenters. The molecule has 0 radical (unpaired) electrons. The summed E-state index contributed by atoms with van der Waals surface area (Å²) in [5, 5.41) is 0. The minimum absolute atomic E-state index is 0.225. The van der Waals surface area contributed by atoms with Gasteiger partial charge in [0.25, 0.3) is 0 Å². The summed E-state index contributed by atoms with van der Waals surface area (Å²) in [5.41, 5.74) is 0. The van der Waals surface area contributed by atoms with Crippen molar-refractivity contribution in [3.8, 4) is 5.75 Å². The van der Waals surface area contributed by atoms with Crippen LogP contribution in [-0.4, -0.2) is 55.0 Å². The van der Waals surface area contributed by atoms with Crippen LogP contribution in [0, 0.1) is 11.7 Å². The van der Waals surface area contributed by atoms with Crippen molar-refractivity contribution in [3.05, 3.63) is 30.1 Å². The van der Waals surface area contributed by atoms with Crippen LogP contribution in [0.25, 0.3) is 0 Å². The molecule has 0 N–H and O–H groups in total. The normalized spacial score (nSPS) is 22.3. The fourth-order valence-electron chi connectivity index (χ4n) is 3.43. The van der Waals surface area contributed by atoms with E-state index in [1.54, 1.807) is 18.2 Å². The van der Waals surface area contributed by atoms with E-state index in [2.05, 4.69) is 4.90 Å². The quantitative estimate of drug-likeness (QED) is 0.836. The van der Waals surface area contributed by atoms with Gasteiger partial charge in [-0.1, -0.05) is 12.1 Å². The zero-order chi connectivity index (χ0) is 16.1. The Hall–Kier alpha value is -1.62. The Morgan fingerprint density at radius 1 is 1.17 bits per heavy atom. The second kappa shape index (κ2) is 7.77. The maximum atomic E-state index is 13.6. The first-order chi connectivity index (χ1) is 11.2. The number of carbonyl (C=O) groups is 1. The Morgan fingerprint density at radius 3 is 2.74 bits per heavy atom. The van der Waals surface area contributed by atoms with Gasteiger partial charge in [-0.2, -0.15) is 0 Å². The first-order valence-electron chi connectivity index (χ1n) is 8.60. The first kappa shape index (κ1) is 16.2. The molecule has 5 heteroatoms. The Kier molecular flexibility index (Phi) is 5.49. The van der Waals surface area contributed by atoms with Crippen LogP contribution in [0.5, 0.6) is 5.75 Å². The number of para-hydroxylation sites is 1. The van der Waals surface area contributed by atoms with Gasteiger partial charge in [0.2, 0.25) is 5.91 Å². The molecular weight excluding hydrogens is 295 g/mol. The first-order valence-corrected chi connectivity index (χ1v) is 8.60. The highest BCUT2D eigenvalue weighted by Crippen LogP contribution is 2.21. The molecule has 126 valence electrons. The van der Waals surface area contributed by atoms with Crippen molar-refractivity contribution in [2.45, 2.75) is 25.7 Å². The third-order valence-electron chi connectivity index (χ3n) is 4.74. The number of ether oxygens (including phenoxy) is 1. The van der Waals surface area contributed by atoms with E-state index in [1.165, 1.54) is 18.9 Å². The lowest BCUT2D eigenvalue weighted by molar-refractivity contribution is -0.134. The molecule has 0 saturated carbocycles. The average Bonchev–Trinajstić information content (AvgIpc) is 3.07. The number of amides is 1. The van der Waals surface area contributed by atoms with Crippen molar-refractivity contribution < 1.29 is 13.9 Å². The molecule has 3 rings (SSSR count). The predicted octanol–water partition coefficient (Wildman–Crippen LogP) is 2.54. The van der Waals surface area contributed by atoms with E-state index in [-0.39, 0.29) is 17.6 Å². The highest BCUT2D eigenvalue weighted by atomic mass is 19.1. The van der Waals surface area contributed by atoms with Crippen LogP contribution in [0.1, 0.15) is 25.7 Å². The van der Waals surface area contributed by atoms with Crippen LogP contribution < -0.4 is 4.74 Å². The van der Waals surface area contributed by atoms with Gasteiger partial charge >= 0.3 is 0 Å². The molecule has 1 aromatic rings. The molecule has 1 atom stereocenters. The number of benzene rings is 1. The molecule has 1 aromatic carbocycles. The number of carbonyl (C=O) groups excluding carboxylic acids is 1. The van der Waals surface area contributed by atoms with E-state index in [0.29, 0.717) is 18.9 Å². The van der Waals surface area contributed by atoms with Gasteiger partial charge in [0.05, 0.1) is 13.2 Å². The molecule has 2 aliphatic heterocycles. The number of rotatable bonds is 5. The Labute approximate surface area is 137 Å². The van der Waals surface area contributed by atoms with Crippen molar-refractivity contribution in [1.29, 1.82) is 0 Å². The summed E-state index contributed by atoms with van der Waals surface area (Å²) in [4.78, 5) is 16.6. The highest BCUT2D eigenvalue weighted by Gasteiger charge is 2.26. The second-order valence-electron chi connectivity index (χ2n) is 6.57. The molecule has 1 amide bonds. The smallest absolute Gasteiger partial charge is 0.236 e. The van der Waals surface area contributed by atoms with Crippen molar-refractivity contribution in [2.24, 2.45) is 5.92 Å². The average molecular weight is 320 g/mol. The van der Waals surface area contributed by atoms with Gasteiger partial charge in [-0.3, -0.25) is 9.69 Å². The summed E-state index contributed by atoms with van der Waals surface area (Å²) < 4.78 is 19.2. The number of halogens is 1. The van der Waals surface area contributed by atoms with Crippen LogP contribution in [-0.2, 0) is 4.79 Å². The Balaban J connectivity index is 1.47. The van der Waals surface area contributed by atoms with E-state index >= 15 is 0 Å². The highest BCUT2D eigenvalue weighted by molar-refractivity contribution is 5.78. The molecule has 2 heterocycles. The molecule has 2 fully saturated rings. The summed E-state index contributed by atoms with van der Waals surface area (Å²) in [7, 11) is 0. The number of likely N-dealkylation sites (tertiary alicyclic amines) is 2. The summed E-state index contributed by atoms with van der Waals surface area (Å²) in [5.74, 6) is 0.478. The molecule has 23 heavy (non-hydrogen) atoms. The van der Waals surface area contributed by atoms with E-state index in [9.17, 15) is 9.18 Å². The van der Waals surface area contributed by atoms with Gasteiger partial charge in [-0.15, -0.1) is 0 Å². The summed E-state index contributed by atoms with van der Waals surface area (Å²) in [6, 6.07) is 6.48. The number of hydrogen-bond acceptors (Lipinski definition) is 3. The van der Waals surface area contributed by atoms with Crippen LogP contribution in [0.15, 0.2) is 24.3 Å². The third kappa shape index (κ3) is 4.44. The van der Waals surface area contributed by atoms with Crippen molar-refractivity contribution in [3.63, 3.8) is 0 Å². The molecular formula is C18H25FN2O2. The maximum Gasteiger partial charge on any atom is 0.236 e. The molecule has 0 spiro atoms. The fourth-order valence-corrected chi connectivity index (χ4v) is 3.43. The van der Waals surface area contributed by atoms with Gasteiger partial charge in [-0.25, -0.2) is 4.39 Å². The zero-order valence-corrected chi connectivity index (χ0v) is 13.5. The lowest BCUT2D eigenvalue weighted by Gasteiger charge is -2.33. The summed E-state index contributed by atoms with van der Waals surface area (Å²) in [6.07, 6.45) is 4.43. The number of piperidine rings is 1. The van der Waals surface area contributed by atoms with Gasteiger partial charge in [0.1, 0.15) is 0 Å². The van der Waals surface area contributed by atoms with E-state index < -0.39 is 0 Å². The fraction of sp³-hybridized carbons (Fsp3) is 0.611. The lowest BCUT2D eigenvalue weighted by Crippen LogP contribution is -2.45. The van der Waals surface area contributed by atoms with Gasteiger partial charge in [-0.05, 0) is 50.9 Å². The Bertz CT molecular complexity index is 532. The molecule has 0 aliphatic carbocycles. The van der Waals surface area contributed by atoms with Crippen molar-refractivity contribution in [1.82, 2.24) is 9.80 Å². The lowest BCUT2D eigenvalue weighted by atomic mass is 9.99. The van der Waals surface area contributed by atoms with Gasteiger partial charge in [0, 0.05) is 19.0 Å². The Morgan fingerprint density at radius 2 is 1.96 bits per heavy atom. The molecule has 0 bridgehead atoms. The van der Waals surface area contributed by atoms with Gasteiger partial charge in [0.15, 0.2) is 11.6 Å². The van der Waals surface area contributed by atoms with Crippen molar-refractivity contribution in [2.75, 3.05) is 39.3 Å². The minimum atomic E-state index is -0.328. The van der Waals surface area contributed by atoms with Crippen molar-refractivity contribution >= 4 is 5.91 Å². The monoisotopic (exact) mass is 320 g/mol. The largest absolute Gasteiger partial charge is 0.490 e. The molecule has 2 aliphatic rings. The zero-order valence-electron chi connectivity index (χ0n) is 13.5. The molecule has 2 saturated heterocycles. The predicted molar refractivity (Wildman–Crippen MR) is 86.9 cm³/mol. The van der Waals surface area contributed by atoms with Crippen LogP contribution in [0.2, 0.25) is 0 Å². The molecule has 4 nitrogen and oxygen atoms in total. The second-order valence-corrected chi connectivity index (χ2v) is 6.57.